The van der Waals surface area contributed by atoms with Crippen molar-refractivity contribution in [2.75, 3.05) is 33.5 Å². The summed E-state index contributed by atoms with van der Waals surface area (Å²) in [6.07, 6.45) is 3.43. The Morgan fingerprint density at radius 1 is 1.39 bits per heavy atom. The summed E-state index contributed by atoms with van der Waals surface area (Å²) in [6.45, 7) is 4.45. The second kappa shape index (κ2) is 7.71. The second-order valence-electron chi connectivity index (χ2n) is 4.71. The molecule has 5 nitrogen and oxygen atoms in total. The molecule has 18 heavy (non-hydrogen) atoms. The molecule has 1 aliphatic rings. The predicted octanol–water partition coefficient (Wildman–Crippen LogP) is 1.27. The molecule has 2 N–H and O–H groups in total. The van der Waals surface area contributed by atoms with E-state index >= 15 is 0 Å². The minimum absolute atomic E-state index is 0.159. The van der Waals surface area contributed by atoms with Gasteiger partial charge in [-0.05, 0) is 39.2 Å². The summed E-state index contributed by atoms with van der Waals surface area (Å²) in [6, 6.07) is 0. The van der Waals surface area contributed by atoms with Crippen molar-refractivity contribution in [1.29, 1.82) is 0 Å². The number of carbonyl (C=O) groups is 1. The minimum atomic E-state index is -0.747. The van der Waals surface area contributed by atoms with E-state index in [4.69, 9.17) is 9.47 Å². The third-order valence-corrected chi connectivity index (χ3v) is 3.84. The standard InChI is InChI=1S/C13H25NO4/c1-3-17-9-10-18-8-6-11-5-4-7-13(11,14-2)12(15)16/h11,14H,3-10H2,1-2H3,(H,15,16). The van der Waals surface area contributed by atoms with Gasteiger partial charge in [0.25, 0.3) is 0 Å². The SMILES string of the molecule is CCOCCOCCC1CCCC1(NC)C(=O)O. The molecule has 0 radical (unpaired) electrons. The zero-order valence-corrected chi connectivity index (χ0v) is 11.4. The molecule has 1 rings (SSSR count). The van der Waals surface area contributed by atoms with Gasteiger partial charge in [-0.25, -0.2) is 0 Å². The van der Waals surface area contributed by atoms with Crippen molar-refractivity contribution in [2.24, 2.45) is 5.92 Å². The van der Waals surface area contributed by atoms with Crippen LogP contribution < -0.4 is 5.32 Å². The zero-order chi connectivity index (χ0) is 13.4. The summed E-state index contributed by atoms with van der Waals surface area (Å²) in [5.74, 6) is -0.575. The number of hydrogen-bond donors (Lipinski definition) is 2. The van der Waals surface area contributed by atoms with Gasteiger partial charge in [0.15, 0.2) is 0 Å². The van der Waals surface area contributed by atoms with Crippen LogP contribution in [0.15, 0.2) is 0 Å². The van der Waals surface area contributed by atoms with Crippen LogP contribution in [0.5, 0.6) is 0 Å². The van der Waals surface area contributed by atoms with Gasteiger partial charge >= 0.3 is 5.97 Å². The number of nitrogens with one attached hydrogen (secondary N) is 1. The topological polar surface area (TPSA) is 67.8 Å². The van der Waals surface area contributed by atoms with Gasteiger partial charge in [-0.1, -0.05) is 6.42 Å². The van der Waals surface area contributed by atoms with Crippen LogP contribution in [0, 0.1) is 5.92 Å². The Morgan fingerprint density at radius 2 is 2.11 bits per heavy atom. The minimum Gasteiger partial charge on any atom is -0.480 e. The van der Waals surface area contributed by atoms with Crippen molar-refractivity contribution in [3.63, 3.8) is 0 Å². The lowest BCUT2D eigenvalue weighted by molar-refractivity contribution is -0.146. The number of ether oxygens (including phenoxy) is 2. The summed E-state index contributed by atoms with van der Waals surface area (Å²) in [7, 11) is 1.74. The summed E-state index contributed by atoms with van der Waals surface area (Å²) in [5.41, 5.74) is -0.747. The molecule has 1 saturated carbocycles. The van der Waals surface area contributed by atoms with Gasteiger partial charge in [-0.2, -0.15) is 0 Å². The maximum absolute atomic E-state index is 11.4. The first-order valence-electron chi connectivity index (χ1n) is 6.75. The Bertz CT molecular complexity index is 259. The highest BCUT2D eigenvalue weighted by atomic mass is 16.5. The largest absolute Gasteiger partial charge is 0.480 e. The van der Waals surface area contributed by atoms with E-state index in [0.717, 1.165) is 19.3 Å². The number of carboxylic acids is 1. The van der Waals surface area contributed by atoms with Crippen LogP contribution in [0.2, 0.25) is 0 Å². The lowest BCUT2D eigenvalue weighted by Gasteiger charge is -2.30. The lowest BCUT2D eigenvalue weighted by atomic mass is 9.85. The number of likely N-dealkylation sites (N-methyl/N-ethyl adjacent to an activating group) is 1. The van der Waals surface area contributed by atoms with Gasteiger partial charge in [0, 0.05) is 13.2 Å². The molecule has 0 amide bonds. The highest BCUT2D eigenvalue weighted by Crippen LogP contribution is 2.37. The number of carboxylic acid groups (broad SMARTS) is 1. The first-order chi connectivity index (χ1) is 8.67. The van der Waals surface area contributed by atoms with Gasteiger partial charge in [-0.15, -0.1) is 0 Å². The van der Waals surface area contributed by atoms with Crippen molar-refractivity contribution >= 4 is 5.97 Å². The van der Waals surface area contributed by atoms with E-state index in [9.17, 15) is 9.90 Å². The average molecular weight is 259 g/mol. The quantitative estimate of drug-likeness (QED) is 0.610. The van der Waals surface area contributed by atoms with Crippen LogP contribution in [0.1, 0.15) is 32.6 Å². The molecule has 0 aromatic heterocycles. The maximum Gasteiger partial charge on any atom is 0.324 e. The third-order valence-electron chi connectivity index (χ3n) is 3.84. The molecule has 0 spiro atoms. The average Bonchev–Trinajstić information content (AvgIpc) is 2.77. The molecule has 106 valence electrons. The van der Waals surface area contributed by atoms with Gasteiger partial charge < -0.3 is 19.9 Å². The molecule has 0 aromatic carbocycles. The summed E-state index contributed by atoms with van der Waals surface area (Å²) in [5, 5.41) is 12.4. The fraction of sp³-hybridized carbons (Fsp3) is 0.923. The van der Waals surface area contributed by atoms with Gasteiger partial charge in [0.2, 0.25) is 0 Å². The molecule has 0 saturated heterocycles. The van der Waals surface area contributed by atoms with Crippen LogP contribution in [-0.2, 0) is 14.3 Å². The van der Waals surface area contributed by atoms with Gasteiger partial charge in [0.1, 0.15) is 5.54 Å². The molecule has 5 heteroatoms. The van der Waals surface area contributed by atoms with E-state index in [1.54, 1.807) is 7.05 Å². The summed E-state index contributed by atoms with van der Waals surface area (Å²) in [4.78, 5) is 11.4. The molecule has 0 bridgehead atoms. The molecular formula is C13H25NO4. The monoisotopic (exact) mass is 259 g/mol. The molecule has 2 atom stereocenters. The predicted molar refractivity (Wildman–Crippen MR) is 68.7 cm³/mol. The van der Waals surface area contributed by atoms with E-state index < -0.39 is 11.5 Å². The van der Waals surface area contributed by atoms with Crippen molar-refractivity contribution in [1.82, 2.24) is 5.32 Å². The van der Waals surface area contributed by atoms with E-state index in [-0.39, 0.29) is 5.92 Å². The summed E-state index contributed by atoms with van der Waals surface area (Å²) < 4.78 is 10.6. The Labute approximate surface area is 109 Å². The van der Waals surface area contributed by atoms with Crippen LogP contribution in [0.4, 0.5) is 0 Å². The van der Waals surface area contributed by atoms with Crippen molar-refractivity contribution in [2.45, 2.75) is 38.1 Å². The molecule has 1 aliphatic carbocycles. The molecule has 0 aromatic rings. The molecule has 1 fully saturated rings. The molecular weight excluding hydrogens is 234 g/mol. The van der Waals surface area contributed by atoms with Crippen molar-refractivity contribution < 1.29 is 19.4 Å². The third kappa shape index (κ3) is 3.67. The normalized spacial score (nSPS) is 27.6. The zero-order valence-electron chi connectivity index (χ0n) is 11.4. The van der Waals surface area contributed by atoms with Crippen LogP contribution in [0.25, 0.3) is 0 Å². The van der Waals surface area contributed by atoms with Crippen LogP contribution in [0.3, 0.4) is 0 Å². The lowest BCUT2D eigenvalue weighted by Crippen LogP contribution is -2.53. The Kier molecular flexibility index (Phi) is 6.60. The Morgan fingerprint density at radius 3 is 2.72 bits per heavy atom. The molecule has 2 unspecified atom stereocenters. The van der Waals surface area contributed by atoms with Gasteiger partial charge in [-0.3, -0.25) is 4.79 Å². The Balaban J connectivity index is 2.30. The fourth-order valence-electron chi connectivity index (χ4n) is 2.78. The van der Waals surface area contributed by atoms with Gasteiger partial charge in [0.05, 0.1) is 13.2 Å². The van der Waals surface area contributed by atoms with E-state index in [1.807, 2.05) is 6.92 Å². The molecule has 0 aliphatic heterocycles. The molecule has 0 heterocycles. The smallest absolute Gasteiger partial charge is 0.324 e. The van der Waals surface area contributed by atoms with Crippen LogP contribution in [-0.4, -0.2) is 50.1 Å². The number of hydrogen-bond acceptors (Lipinski definition) is 4. The first kappa shape index (κ1) is 15.4. The van der Waals surface area contributed by atoms with E-state index in [2.05, 4.69) is 5.32 Å². The number of aliphatic carboxylic acids is 1. The maximum atomic E-state index is 11.4. The van der Waals surface area contributed by atoms with E-state index in [0.29, 0.717) is 32.8 Å². The highest BCUT2D eigenvalue weighted by molar-refractivity contribution is 5.79. The second-order valence-corrected chi connectivity index (χ2v) is 4.71. The van der Waals surface area contributed by atoms with E-state index in [1.165, 1.54) is 0 Å². The summed E-state index contributed by atoms with van der Waals surface area (Å²) >= 11 is 0. The first-order valence-corrected chi connectivity index (χ1v) is 6.75. The van der Waals surface area contributed by atoms with Crippen LogP contribution >= 0.6 is 0 Å². The fourth-order valence-corrected chi connectivity index (χ4v) is 2.78. The number of rotatable bonds is 9. The Hall–Kier alpha value is -0.650. The van der Waals surface area contributed by atoms with Crippen molar-refractivity contribution in [3.8, 4) is 0 Å². The van der Waals surface area contributed by atoms with Crippen molar-refractivity contribution in [3.05, 3.63) is 0 Å². The highest BCUT2D eigenvalue weighted by Gasteiger charge is 2.47.